The van der Waals surface area contributed by atoms with E-state index in [1.807, 2.05) is 6.92 Å². The van der Waals surface area contributed by atoms with Crippen LogP contribution in [0.4, 0.5) is 5.13 Å². The number of rotatable bonds is 4. The zero-order valence-corrected chi connectivity index (χ0v) is 10.9. The lowest BCUT2D eigenvalue weighted by Crippen LogP contribution is -2.32. The maximum absolute atomic E-state index is 9.11. The van der Waals surface area contributed by atoms with E-state index in [1.165, 1.54) is 0 Å². The van der Waals surface area contributed by atoms with Gasteiger partial charge in [-0.15, -0.1) is 0 Å². The van der Waals surface area contributed by atoms with Gasteiger partial charge in [-0.1, -0.05) is 25.2 Å². The van der Waals surface area contributed by atoms with E-state index in [0.717, 1.165) is 15.7 Å². The molecule has 1 N–H and O–H groups in total. The van der Waals surface area contributed by atoms with Gasteiger partial charge >= 0.3 is 0 Å². The maximum atomic E-state index is 9.11. The number of aromatic nitrogens is 1. The van der Waals surface area contributed by atoms with E-state index in [4.69, 9.17) is 5.11 Å². The summed E-state index contributed by atoms with van der Waals surface area (Å²) in [5.41, 5.74) is 0.945. The molecule has 3 nitrogen and oxygen atoms in total. The minimum absolute atomic E-state index is 0.0907. The standard InChI is InChI=1S/C11H20N2OS/c1-7(2)9(4)13(5)11-12-8(3)10(6-14)15-11/h7,9,14H,6H2,1-5H3. The molecule has 86 valence electrons. The summed E-state index contributed by atoms with van der Waals surface area (Å²) in [6, 6.07) is 0.460. The Morgan fingerprint density at radius 2 is 2.00 bits per heavy atom. The van der Waals surface area contributed by atoms with Gasteiger partial charge in [0.05, 0.1) is 17.2 Å². The molecule has 0 fully saturated rings. The quantitative estimate of drug-likeness (QED) is 0.860. The van der Waals surface area contributed by atoms with Crippen LogP contribution in [-0.2, 0) is 6.61 Å². The Labute approximate surface area is 95.8 Å². The average Bonchev–Trinajstić information content (AvgIpc) is 2.57. The predicted octanol–water partition coefficient (Wildman–Crippen LogP) is 2.42. The smallest absolute Gasteiger partial charge is 0.185 e. The maximum Gasteiger partial charge on any atom is 0.185 e. The molecule has 0 aliphatic carbocycles. The molecule has 0 radical (unpaired) electrons. The van der Waals surface area contributed by atoms with Crippen molar-refractivity contribution in [1.82, 2.24) is 4.98 Å². The van der Waals surface area contributed by atoms with Crippen molar-refractivity contribution >= 4 is 16.5 Å². The largest absolute Gasteiger partial charge is 0.391 e. The van der Waals surface area contributed by atoms with E-state index < -0.39 is 0 Å². The Balaban J connectivity index is 2.86. The van der Waals surface area contributed by atoms with Crippen LogP contribution in [0.3, 0.4) is 0 Å². The number of aliphatic hydroxyl groups excluding tert-OH is 1. The Bertz CT molecular complexity index is 322. The Hall–Kier alpha value is -0.610. The number of hydrogen-bond donors (Lipinski definition) is 1. The number of hydrogen-bond acceptors (Lipinski definition) is 4. The van der Waals surface area contributed by atoms with Crippen LogP contribution in [0.15, 0.2) is 0 Å². The molecule has 0 amide bonds. The number of thiazole rings is 1. The Morgan fingerprint density at radius 3 is 2.40 bits per heavy atom. The summed E-state index contributed by atoms with van der Waals surface area (Å²) < 4.78 is 0. The lowest BCUT2D eigenvalue weighted by Gasteiger charge is -2.27. The summed E-state index contributed by atoms with van der Waals surface area (Å²) in [7, 11) is 2.06. The summed E-state index contributed by atoms with van der Waals surface area (Å²) in [4.78, 5) is 7.62. The summed E-state index contributed by atoms with van der Waals surface area (Å²) in [6.07, 6.45) is 0. The highest BCUT2D eigenvalue weighted by Gasteiger charge is 2.17. The molecular formula is C11H20N2OS. The van der Waals surface area contributed by atoms with Crippen molar-refractivity contribution in [1.29, 1.82) is 0 Å². The first kappa shape index (κ1) is 12.5. The van der Waals surface area contributed by atoms with Crippen molar-refractivity contribution in [2.75, 3.05) is 11.9 Å². The van der Waals surface area contributed by atoms with Gasteiger partial charge in [-0.25, -0.2) is 4.98 Å². The van der Waals surface area contributed by atoms with Gasteiger partial charge in [-0.2, -0.15) is 0 Å². The average molecular weight is 228 g/mol. The number of anilines is 1. The van der Waals surface area contributed by atoms with Crippen LogP contribution >= 0.6 is 11.3 Å². The molecule has 1 unspecified atom stereocenters. The van der Waals surface area contributed by atoms with Gasteiger partial charge in [0.25, 0.3) is 0 Å². The molecular weight excluding hydrogens is 208 g/mol. The highest BCUT2D eigenvalue weighted by molar-refractivity contribution is 7.15. The normalized spacial score (nSPS) is 13.3. The van der Waals surface area contributed by atoms with Crippen LogP contribution in [0, 0.1) is 12.8 Å². The van der Waals surface area contributed by atoms with Crippen LogP contribution in [-0.4, -0.2) is 23.2 Å². The van der Waals surface area contributed by atoms with E-state index in [9.17, 15) is 0 Å². The van der Waals surface area contributed by atoms with Crippen LogP contribution in [0.25, 0.3) is 0 Å². The minimum atomic E-state index is 0.0907. The van der Waals surface area contributed by atoms with Crippen LogP contribution in [0.1, 0.15) is 31.3 Å². The molecule has 1 heterocycles. The number of aliphatic hydroxyl groups is 1. The van der Waals surface area contributed by atoms with Gasteiger partial charge in [0, 0.05) is 13.1 Å². The van der Waals surface area contributed by atoms with Crippen molar-refractivity contribution in [2.24, 2.45) is 5.92 Å². The fourth-order valence-electron chi connectivity index (χ4n) is 1.33. The Morgan fingerprint density at radius 1 is 1.40 bits per heavy atom. The van der Waals surface area contributed by atoms with Crippen molar-refractivity contribution < 1.29 is 5.11 Å². The molecule has 1 rings (SSSR count). The molecule has 0 spiro atoms. The second-order valence-corrected chi connectivity index (χ2v) is 5.32. The molecule has 0 bridgehead atoms. The highest BCUT2D eigenvalue weighted by Crippen LogP contribution is 2.27. The molecule has 0 saturated carbocycles. The van der Waals surface area contributed by atoms with Crippen molar-refractivity contribution in [2.45, 2.75) is 40.3 Å². The first-order valence-electron chi connectivity index (χ1n) is 5.27. The molecule has 1 atom stereocenters. The fraction of sp³-hybridized carbons (Fsp3) is 0.727. The van der Waals surface area contributed by atoms with E-state index in [-0.39, 0.29) is 6.61 Å². The third-order valence-corrected chi connectivity index (χ3v) is 4.14. The lowest BCUT2D eigenvalue weighted by atomic mass is 10.1. The van der Waals surface area contributed by atoms with Crippen molar-refractivity contribution in [3.63, 3.8) is 0 Å². The van der Waals surface area contributed by atoms with E-state index in [0.29, 0.717) is 12.0 Å². The van der Waals surface area contributed by atoms with Gasteiger partial charge < -0.3 is 10.0 Å². The SMILES string of the molecule is Cc1nc(N(C)C(C)C(C)C)sc1CO. The molecule has 15 heavy (non-hydrogen) atoms. The molecule has 4 heteroatoms. The molecule has 0 saturated heterocycles. The fourth-order valence-corrected chi connectivity index (χ4v) is 2.30. The molecule has 1 aromatic heterocycles. The second kappa shape index (κ2) is 4.94. The molecule has 1 aromatic rings. The van der Waals surface area contributed by atoms with E-state index in [2.05, 4.69) is 37.7 Å². The van der Waals surface area contributed by atoms with Crippen molar-refractivity contribution in [3.05, 3.63) is 10.6 Å². The van der Waals surface area contributed by atoms with Gasteiger partial charge in [-0.3, -0.25) is 0 Å². The lowest BCUT2D eigenvalue weighted by molar-refractivity contribution is 0.284. The third-order valence-electron chi connectivity index (χ3n) is 2.90. The summed E-state index contributed by atoms with van der Waals surface area (Å²) in [5.74, 6) is 0.594. The molecule has 0 aliphatic heterocycles. The molecule has 0 aliphatic rings. The highest BCUT2D eigenvalue weighted by atomic mass is 32.1. The zero-order chi connectivity index (χ0) is 11.6. The topological polar surface area (TPSA) is 36.4 Å². The van der Waals surface area contributed by atoms with Gasteiger partial charge in [0.2, 0.25) is 0 Å². The molecule has 0 aromatic carbocycles. The van der Waals surface area contributed by atoms with Crippen LogP contribution in [0.2, 0.25) is 0 Å². The third kappa shape index (κ3) is 2.69. The van der Waals surface area contributed by atoms with E-state index in [1.54, 1.807) is 11.3 Å². The Kier molecular flexibility index (Phi) is 4.11. The zero-order valence-electron chi connectivity index (χ0n) is 10.1. The van der Waals surface area contributed by atoms with Gasteiger partial charge in [0.1, 0.15) is 0 Å². The summed E-state index contributed by atoms with van der Waals surface area (Å²) >= 11 is 1.58. The van der Waals surface area contributed by atoms with Gasteiger partial charge in [0.15, 0.2) is 5.13 Å². The summed E-state index contributed by atoms with van der Waals surface area (Å²) in [6.45, 7) is 8.63. The first-order valence-corrected chi connectivity index (χ1v) is 6.09. The first-order chi connectivity index (χ1) is 6.97. The van der Waals surface area contributed by atoms with Crippen molar-refractivity contribution in [3.8, 4) is 0 Å². The second-order valence-electron chi connectivity index (χ2n) is 4.26. The number of nitrogens with zero attached hydrogens (tertiary/aromatic N) is 2. The minimum Gasteiger partial charge on any atom is -0.391 e. The van der Waals surface area contributed by atoms with E-state index >= 15 is 0 Å². The number of aryl methyl sites for hydroxylation is 1. The van der Waals surface area contributed by atoms with Gasteiger partial charge in [-0.05, 0) is 19.8 Å². The monoisotopic (exact) mass is 228 g/mol. The van der Waals surface area contributed by atoms with Crippen LogP contribution < -0.4 is 4.90 Å². The van der Waals surface area contributed by atoms with Crippen LogP contribution in [0.5, 0.6) is 0 Å². The predicted molar refractivity (Wildman–Crippen MR) is 65.5 cm³/mol. The summed E-state index contributed by atoms with van der Waals surface area (Å²) in [5, 5.41) is 10.1.